The molecule has 140 valence electrons. The number of nitrogens with zero attached hydrogens (tertiary/aromatic N) is 8. The molecule has 4 heterocycles. The summed E-state index contributed by atoms with van der Waals surface area (Å²) in [7, 11) is 1.55. The Labute approximate surface area is 157 Å². The minimum atomic E-state index is -0.0901. The Balaban J connectivity index is 1.51. The fourth-order valence-corrected chi connectivity index (χ4v) is 3.14. The predicted molar refractivity (Wildman–Crippen MR) is 99.5 cm³/mol. The maximum Gasteiger partial charge on any atom is 0.232 e. The highest BCUT2D eigenvalue weighted by Gasteiger charge is 2.17. The lowest BCUT2D eigenvalue weighted by molar-refractivity contribution is 0.396. The predicted octanol–water partition coefficient (Wildman–Crippen LogP) is 2.13. The number of hydrogen-bond donors (Lipinski definition) is 0. The maximum atomic E-state index is 5.11. The van der Waals surface area contributed by atoms with E-state index in [0.717, 1.165) is 24.6 Å². The van der Waals surface area contributed by atoms with Crippen LogP contribution < -0.4 is 9.64 Å². The second-order valence-electron chi connectivity index (χ2n) is 6.57. The first kappa shape index (κ1) is 17.3. The summed E-state index contributed by atoms with van der Waals surface area (Å²) in [4.78, 5) is 10.7. The Morgan fingerprint density at radius 2 is 1.85 bits per heavy atom. The van der Waals surface area contributed by atoms with Crippen LogP contribution in [0.1, 0.15) is 37.9 Å². The molecule has 1 aliphatic rings. The molecule has 0 aliphatic carbocycles. The minimum Gasteiger partial charge on any atom is -0.480 e. The highest BCUT2D eigenvalue weighted by atomic mass is 16.5. The van der Waals surface area contributed by atoms with Crippen molar-refractivity contribution in [3.63, 3.8) is 0 Å². The zero-order valence-corrected chi connectivity index (χ0v) is 15.5. The molecule has 9 nitrogen and oxygen atoms in total. The summed E-state index contributed by atoms with van der Waals surface area (Å²) >= 11 is 0. The van der Waals surface area contributed by atoms with E-state index in [0.29, 0.717) is 17.3 Å². The molecule has 1 unspecified atom stereocenters. The number of anilines is 1. The van der Waals surface area contributed by atoms with Gasteiger partial charge in [-0.15, -0.1) is 10.2 Å². The van der Waals surface area contributed by atoms with Gasteiger partial charge >= 0.3 is 0 Å². The standard InChI is InChI=1S/C18H22N8O/c1-13(14-6-7-17(23-21-14)25-8-4-3-5-9-25)26-12-16(22-24-26)15-10-19-11-18(20-15)27-2/h6-7,10-13H,3-5,8-9H2,1-2H3. The fourth-order valence-electron chi connectivity index (χ4n) is 3.14. The Bertz CT molecular complexity index is 888. The van der Waals surface area contributed by atoms with E-state index in [1.807, 2.05) is 25.3 Å². The molecule has 1 saturated heterocycles. The number of piperidine rings is 1. The quantitative estimate of drug-likeness (QED) is 0.678. The smallest absolute Gasteiger partial charge is 0.232 e. The highest BCUT2D eigenvalue weighted by Crippen LogP contribution is 2.21. The van der Waals surface area contributed by atoms with Gasteiger partial charge in [-0.05, 0) is 38.3 Å². The van der Waals surface area contributed by atoms with Gasteiger partial charge in [0.15, 0.2) is 5.82 Å². The molecule has 3 aromatic heterocycles. The molecule has 1 fully saturated rings. The van der Waals surface area contributed by atoms with Crippen molar-refractivity contribution in [1.29, 1.82) is 0 Å². The molecule has 0 aromatic carbocycles. The van der Waals surface area contributed by atoms with Crippen molar-refractivity contribution in [1.82, 2.24) is 35.2 Å². The van der Waals surface area contributed by atoms with Crippen molar-refractivity contribution < 1.29 is 4.74 Å². The van der Waals surface area contributed by atoms with E-state index in [1.165, 1.54) is 19.3 Å². The number of methoxy groups -OCH3 is 1. The van der Waals surface area contributed by atoms with Gasteiger partial charge in [0.1, 0.15) is 11.4 Å². The third-order valence-corrected chi connectivity index (χ3v) is 4.77. The second-order valence-corrected chi connectivity index (χ2v) is 6.57. The normalized spacial score (nSPS) is 15.6. The molecule has 0 N–H and O–H groups in total. The highest BCUT2D eigenvalue weighted by molar-refractivity contribution is 5.51. The lowest BCUT2D eigenvalue weighted by atomic mass is 10.1. The van der Waals surface area contributed by atoms with E-state index < -0.39 is 0 Å². The Morgan fingerprint density at radius 3 is 2.59 bits per heavy atom. The van der Waals surface area contributed by atoms with Gasteiger partial charge in [0.2, 0.25) is 5.88 Å². The third-order valence-electron chi connectivity index (χ3n) is 4.77. The molecule has 0 amide bonds. The van der Waals surface area contributed by atoms with Gasteiger partial charge in [-0.2, -0.15) is 5.10 Å². The van der Waals surface area contributed by atoms with Crippen LogP contribution in [-0.2, 0) is 0 Å². The first-order valence-corrected chi connectivity index (χ1v) is 9.11. The van der Waals surface area contributed by atoms with Crippen LogP contribution in [-0.4, -0.2) is 55.4 Å². The molecule has 0 saturated carbocycles. The summed E-state index contributed by atoms with van der Waals surface area (Å²) in [5.74, 6) is 1.38. The van der Waals surface area contributed by atoms with Crippen molar-refractivity contribution in [2.45, 2.75) is 32.2 Å². The van der Waals surface area contributed by atoms with Crippen LogP contribution in [0.5, 0.6) is 5.88 Å². The second kappa shape index (κ2) is 7.65. The van der Waals surface area contributed by atoms with Gasteiger partial charge in [-0.1, -0.05) is 5.21 Å². The molecule has 3 aromatic rings. The van der Waals surface area contributed by atoms with Crippen molar-refractivity contribution in [2.75, 3.05) is 25.1 Å². The first-order chi connectivity index (χ1) is 13.2. The van der Waals surface area contributed by atoms with Crippen LogP contribution in [0.15, 0.2) is 30.7 Å². The van der Waals surface area contributed by atoms with E-state index in [4.69, 9.17) is 4.74 Å². The van der Waals surface area contributed by atoms with Crippen LogP contribution in [0.3, 0.4) is 0 Å². The molecule has 0 bridgehead atoms. The van der Waals surface area contributed by atoms with Gasteiger partial charge in [0.25, 0.3) is 0 Å². The molecule has 0 radical (unpaired) electrons. The van der Waals surface area contributed by atoms with Crippen LogP contribution in [0, 0.1) is 0 Å². The number of hydrogen-bond acceptors (Lipinski definition) is 8. The van der Waals surface area contributed by atoms with Crippen LogP contribution in [0.2, 0.25) is 0 Å². The van der Waals surface area contributed by atoms with Gasteiger partial charge in [-0.25, -0.2) is 9.67 Å². The summed E-state index contributed by atoms with van der Waals surface area (Å²) < 4.78 is 6.86. The Morgan fingerprint density at radius 1 is 1.00 bits per heavy atom. The Hall–Kier alpha value is -3.10. The molecule has 1 atom stereocenters. The molecule has 1 aliphatic heterocycles. The average Bonchev–Trinajstić information content (AvgIpc) is 3.24. The fraction of sp³-hybridized carbons (Fsp3) is 0.444. The van der Waals surface area contributed by atoms with Crippen molar-refractivity contribution >= 4 is 5.82 Å². The van der Waals surface area contributed by atoms with Gasteiger partial charge in [0, 0.05) is 13.1 Å². The summed E-state index contributed by atoms with van der Waals surface area (Å²) in [5, 5.41) is 17.2. The van der Waals surface area contributed by atoms with Crippen LogP contribution in [0.4, 0.5) is 5.82 Å². The van der Waals surface area contributed by atoms with E-state index in [9.17, 15) is 0 Å². The molecule has 4 rings (SSSR count). The van der Waals surface area contributed by atoms with Crippen molar-refractivity contribution in [3.05, 3.63) is 36.4 Å². The largest absolute Gasteiger partial charge is 0.480 e. The molecule has 27 heavy (non-hydrogen) atoms. The summed E-state index contributed by atoms with van der Waals surface area (Å²) in [6.45, 7) is 4.12. The maximum absolute atomic E-state index is 5.11. The Kier molecular flexibility index (Phi) is 4.91. The van der Waals surface area contributed by atoms with E-state index in [2.05, 4.69) is 35.4 Å². The van der Waals surface area contributed by atoms with Gasteiger partial charge < -0.3 is 9.64 Å². The SMILES string of the molecule is COc1cncc(-c2cn(C(C)c3ccc(N4CCCCC4)nn3)nn2)n1. The zero-order chi connectivity index (χ0) is 18.6. The first-order valence-electron chi connectivity index (χ1n) is 9.11. The molecule has 9 heteroatoms. The minimum absolute atomic E-state index is 0.0901. The lowest BCUT2D eigenvalue weighted by Gasteiger charge is -2.27. The zero-order valence-electron chi connectivity index (χ0n) is 15.5. The topological polar surface area (TPSA) is 94.7 Å². The number of aromatic nitrogens is 7. The molecular formula is C18H22N8O. The van der Waals surface area contributed by atoms with E-state index >= 15 is 0 Å². The van der Waals surface area contributed by atoms with Crippen LogP contribution >= 0.6 is 0 Å². The molecule has 0 spiro atoms. The van der Waals surface area contributed by atoms with Crippen molar-refractivity contribution in [2.24, 2.45) is 0 Å². The monoisotopic (exact) mass is 366 g/mol. The lowest BCUT2D eigenvalue weighted by Crippen LogP contribution is -2.30. The summed E-state index contributed by atoms with van der Waals surface area (Å²) in [6.07, 6.45) is 8.74. The van der Waals surface area contributed by atoms with E-state index in [-0.39, 0.29) is 6.04 Å². The number of ether oxygens (including phenoxy) is 1. The summed E-state index contributed by atoms with van der Waals surface area (Å²) in [5.41, 5.74) is 2.08. The van der Waals surface area contributed by atoms with Crippen LogP contribution in [0.25, 0.3) is 11.4 Å². The summed E-state index contributed by atoms with van der Waals surface area (Å²) in [6, 6.07) is 3.96. The van der Waals surface area contributed by atoms with Gasteiger partial charge in [0.05, 0.1) is 37.4 Å². The number of rotatable bonds is 5. The van der Waals surface area contributed by atoms with Gasteiger partial charge in [-0.3, -0.25) is 4.98 Å². The van der Waals surface area contributed by atoms with Crippen molar-refractivity contribution in [3.8, 4) is 17.3 Å². The van der Waals surface area contributed by atoms with E-state index in [1.54, 1.807) is 24.2 Å². The average molecular weight is 366 g/mol. The molecular weight excluding hydrogens is 344 g/mol. The third kappa shape index (κ3) is 3.71.